The first-order valence-electron chi connectivity index (χ1n) is 15.1. The Labute approximate surface area is 243 Å². The second kappa shape index (κ2) is 9.92. The van der Waals surface area contributed by atoms with Gasteiger partial charge in [0, 0.05) is 53.1 Å². The van der Waals surface area contributed by atoms with E-state index in [4.69, 9.17) is 14.7 Å². The summed E-state index contributed by atoms with van der Waals surface area (Å²) in [6, 6.07) is 14.6. The summed E-state index contributed by atoms with van der Waals surface area (Å²) in [6.45, 7) is 3.66. The lowest BCUT2D eigenvalue weighted by atomic mass is 9.85. The number of fused-ring (bicyclic) bond motifs is 5. The SMILES string of the molecule is F[C@H]1CN2CCC[C@@]2(COc2nc3c(c(C4C[C@H]5CC[C@@H](C4)N5)n2)CCN(c2cccc4cccc(Br)c24)C3)C1. The van der Waals surface area contributed by atoms with E-state index >= 15 is 0 Å². The fourth-order valence-corrected chi connectivity index (χ4v) is 9.10. The summed E-state index contributed by atoms with van der Waals surface area (Å²) in [5.74, 6) is 0.443. The van der Waals surface area contributed by atoms with Gasteiger partial charge in [0.2, 0.25) is 0 Å². The molecular formula is C32H37BrFN5O. The number of hydrogen-bond acceptors (Lipinski definition) is 6. The maximum Gasteiger partial charge on any atom is 0.316 e. The summed E-state index contributed by atoms with van der Waals surface area (Å²) >= 11 is 3.81. The molecule has 6 nitrogen and oxygen atoms in total. The van der Waals surface area contributed by atoms with Gasteiger partial charge in [0.15, 0.2) is 0 Å². The quantitative estimate of drug-likeness (QED) is 0.390. The van der Waals surface area contributed by atoms with Crippen molar-refractivity contribution >= 4 is 32.4 Å². The van der Waals surface area contributed by atoms with Crippen LogP contribution in [-0.4, -0.2) is 64.9 Å². The van der Waals surface area contributed by atoms with E-state index in [-0.39, 0.29) is 5.54 Å². The van der Waals surface area contributed by atoms with E-state index in [1.54, 1.807) is 0 Å². The number of piperidine rings is 1. The maximum atomic E-state index is 14.4. The summed E-state index contributed by atoms with van der Waals surface area (Å²) < 4.78 is 22.0. The molecular weight excluding hydrogens is 569 g/mol. The largest absolute Gasteiger partial charge is 0.461 e. The molecule has 1 aromatic heterocycles. The van der Waals surface area contributed by atoms with Crippen LogP contribution in [0.1, 0.15) is 67.8 Å². The van der Waals surface area contributed by atoms with Gasteiger partial charge < -0.3 is 15.0 Å². The van der Waals surface area contributed by atoms with Gasteiger partial charge in [0.05, 0.1) is 23.5 Å². The van der Waals surface area contributed by atoms with Gasteiger partial charge in [0.1, 0.15) is 12.8 Å². The van der Waals surface area contributed by atoms with Crippen LogP contribution in [0.2, 0.25) is 0 Å². The summed E-state index contributed by atoms with van der Waals surface area (Å²) in [6.07, 6.45) is 7.66. The van der Waals surface area contributed by atoms with Crippen molar-refractivity contribution in [3.8, 4) is 6.01 Å². The third-order valence-electron chi connectivity index (χ3n) is 10.3. The Morgan fingerprint density at radius 3 is 2.75 bits per heavy atom. The van der Waals surface area contributed by atoms with E-state index < -0.39 is 6.17 Å². The minimum Gasteiger partial charge on any atom is -0.461 e. The predicted molar refractivity (Wildman–Crippen MR) is 159 cm³/mol. The second-order valence-corrected chi connectivity index (χ2v) is 13.6. The zero-order valence-electron chi connectivity index (χ0n) is 22.9. The average molecular weight is 607 g/mol. The molecule has 4 saturated heterocycles. The fourth-order valence-electron chi connectivity index (χ4n) is 8.51. The number of anilines is 1. The Balaban J connectivity index is 1.14. The number of aromatic nitrogens is 2. The van der Waals surface area contributed by atoms with E-state index in [1.165, 1.54) is 40.6 Å². The van der Waals surface area contributed by atoms with Crippen molar-refractivity contribution in [3.63, 3.8) is 0 Å². The van der Waals surface area contributed by atoms with Gasteiger partial charge in [-0.2, -0.15) is 9.97 Å². The number of ether oxygens (including phenoxy) is 1. The van der Waals surface area contributed by atoms with Gasteiger partial charge in [-0.25, -0.2) is 4.39 Å². The van der Waals surface area contributed by atoms with Gasteiger partial charge in [-0.1, -0.05) is 40.2 Å². The average Bonchev–Trinajstić information content (AvgIpc) is 3.61. The van der Waals surface area contributed by atoms with Crippen LogP contribution in [0.3, 0.4) is 0 Å². The molecule has 2 bridgehead atoms. The van der Waals surface area contributed by atoms with Crippen LogP contribution in [-0.2, 0) is 13.0 Å². The highest BCUT2D eigenvalue weighted by Gasteiger charge is 2.49. The molecule has 6 heterocycles. The highest BCUT2D eigenvalue weighted by atomic mass is 79.9. The topological polar surface area (TPSA) is 53.5 Å². The minimum atomic E-state index is -0.761. The number of nitrogens with one attached hydrogen (secondary N) is 1. The number of rotatable bonds is 5. The Morgan fingerprint density at radius 2 is 1.90 bits per heavy atom. The number of halogens is 2. The summed E-state index contributed by atoms with van der Waals surface area (Å²) in [5, 5.41) is 6.28. The third kappa shape index (κ3) is 4.33. The van der Waals surface area contributed by atoms with E-state index in [0.29, 0.717) is 43.6 Å². The van der Waals surface area contributed by atoms with Crippen molar-refractivity contribution in [1.29, 1.82) is 0 Å². The molecule has 210 valence electrons. The van der Waals surface area contributed by atoms with E-state index in [0.717, 1.165) is 61.9 Å². The summed E-state index contributed by atoms with van der Waals surface area (Å²) in [4.78, 5) is 15.0. The molecule has 1 unspecified atom stereocenters. The van der Waals surface area contributed by atoms with Crippen molar-refractivity contribution in [3.05, 3.63) is 57.8 Å². The first kappa shape index (κ1) is 25.4. The lowest BCUT2D eigenvalue weighted by Gasteiger charge is -2.35. The Bertz CT molecular complexity index is 1440. The van der Waals surface area contributed by atoms with Crippen molar-refractivity contribution in [2.45, 2.75) is 87.6 Å². The lowest BCUT2D eigenvalue weighted by Crippen LogP contribution is -2.43. The number of alkyl halides is 1. The smallest absolute Gasteiger partial charge is 0.316 e. The van der Waals surface area contributed by atoms with Crippen LogP contribution in [0.5, 0.6) is 6.01 Å². The lowest BCUT2D eigenvalue weighted by molar-refractivity contribution is 0.106. The minimum absolute atomic E-state index is 0.200. The van der Waals surface area contributed by atoms with Gasteiger partial charge in [-0.3, -0.25) is 4.90 Å². The molecule has 5 atom stereocenters. The molecule has 0 radical (unpaired) electrons. The molecule has 1 N–H and O–H groups in total. The van der Waals surface area contributed by atoms with Gasteiger partial charge in [-0.15, -0.1) is 0 Å². The van der Waals surface area contributed by atoms with Crippen molar-refractivity contribution in [1.82, 2.24) is 20.2 Å². The molecule has 5 aliphatic heterocycles. The van der Waals surface area contributed by atoms with Crippen molar-refractivity contribution < 1.29 is 9.13 Å². The molecule has 2 aromatic carbocycles. The molecule has 0 spiro atoms. The normalized spacial score (nSPS) is 31.5. The molecule has 3 aromatic rings. The van der Waals surface area contributed by atoms with Gasteiger partial charge in [0.25, 0.3) is 0 Å². The van der Waals surface area contributed by atoms with Crippen molar-refractivity contribution in [2.24, 2.45) is 0 Å². The van der Waals surface area contributed by atoms with Crippen LogP contribution in [0.25, 0.3) is 10.8 Å². The zero-order chi connectivity index (χ0) is 26.8. The molecule has 5 aliphatic rings. The molecule has 8 heteroatoms. The molecule has 40 heavy (non-hydrogen) atoms. The first-order valence-corrected chi connectivity index (χ1v) is 15.9. The molecule has 8 rings (SSSR count). The first-order chi connectivity index (χ1) is 19.5. The molecule has 4 fully saturated rings. The van der Waals surface area contributed by atoms with Gasteiger partial charge >= 0.3 is 6.01 Å². The van der Waals surface area contributed by atoms with Crippen molar-refractivity contribution in [2.75, 3.05) is 31.1 Å². The van der Waals surface area contributed by atoms with Crippen LogP contribution in [0.15, 0.2) is 40.9 Å². The Kier molecular flexibility index (Phi) is 6.30. The van der Waals surface area contributed by atoms with E-state index in [9.17, 15) is 4.39 Å². The van der Waals surface area contributed by atoms with Crippen LogP contribution >= 0.6 is 15.9 Å². The fraction of sp³-hybridized carbons (Fsp3) is 0.562. The maximum absolute atomic E-state index is 14.4. The zero-order valence-corrected chi connectivity index (χ0v) is 24.5. The number of nitrogens with zero attached hydrogens (tertiary/aromatic N) is 4. The third-order valence-corrected chi connectivity index (χ3v) is 11.0. The van der Waals surface area contributed by atoms with Crippen LogP contribution in [0, 0.1) is 0 Å². The number of hydrogen-bond donors (Lipinski definition) is 1. The van der Waals surface area contributed by atoms with Crippen LogP contribution < -0.4 is 15.0 Å². The molecule has 0 saturated carbocycles. The standard InChI is InChI=1S/C32H37BrFN5O/c33-26-6-1-4-20-5-2-7-28(29(20)26)38-13-10-25-27(18-38)36-31(37-30(25)21-14-23-8-9-24(15-21)35-23)40-19-32-11-3-12-39(32)17-22(34)16-32/h1-2,4-7,21-24,35H,3,8-19H2/t21?,22-,23-,24+,32+/m1/s1. The highest BCUT2D eigenvalue weighted by molar-refractivity contribution is 9.10. The van der Waals surface area contributed by atoms with Crippen LogP contribution in [0.4, 0.5) is 10.1 Å². The second-order valence-electron chi connectivity index (χ2n) is 12.8. The Morgan fingerprint density at radius 1 is 1.07 bits per heavy atom. The summed E-state index contributed by atoms with van der Waals surface area (Å²) in [5.41, 5.74) is 4.68. The van der Waals surface area contributed by atoms with Gasteiger partial charge in [-0.05, 0) is 74.6 Å². The number of benzene rings is 2. The summed E-state index contributed by atoms with van der Waals surface area (Å²) in [7, 11) is 0. The molecule has 0 aliphatic carbocycles. The predicted octanol–water partition coefficient (Wildman–Crippen LogP) is 5.91. The highest BCUT2D eigenvalue weighted by Crippen LogP contribution is 2.43. The Hall–Kier alpha value is -2.29. The monoisotopic (exact) mass is 605 g/mol. The molecule has 0 amide bonds. The van der Waals surface area contributed by atoms with E-state index in [2.05, 4.69) is 67.4 Å². The van der Waals surface area contributed by atoms with E-state index in [1.807, 2.05) is 0 Å².